The molecule has 0 spiro atoms. The van der Waals surface area contributed by atoms with Gasteiger partial charge >= 0.3 is 5.97 Å². The minimum atomic E-state index is -0.396. The molecule has 4 nitrogen and oxygen atoms in total. The molecule has 3 N–H and O–H groups in total. The van der Waals surface area contributed by atoms with Crippen molar-refractivity contribution in [3.8, 4) is 0 Å². The molecule has 1 unspecified atom stereocenters. The van der Waals surface area contributed by atoms with E-state index in [4.69, 9.17) is 10.5 Å². The molecule has 1 heterocycles. The number of anilines is 2. The van der Waals surface area contributed by atoms with E-state index in [-0.39, 0.29) is 0 Å². The van der Waals surface area contributed by atoms with Crippen molar-refractivity contribution in [2.75, 3.05) is 29.7 Å². The fraction of sp³-hybridized carbons (Fsp3) is 0.417. The number of esters is 1. The van der Waals surface area contributed by atoms with Gasteiger partial charge in [-0.05, 0) is 30.4 Å². The number of hydrogen-bond donors (Lipinski definition) is 2. The summed E-state index contributed by atoms with van der Waals surface area (Å²) in [6.45, 7) is 0. The summed E-state index contributed by atoms with van der Waals surface area (Å²) < 4.78 is 4.69. The van der Waals surface area contributed by atoms with Gasteiger partial charge in [0.25, 0.3) is 0 Å². The summed E-state index contributed by atoms with van der Waals surface area (Å²) in [6.07, 6.45) is 1.16. The summed E-state index contributed by atoms with van der Waals surface area (Å²) in [7, 11) is 1.36. The third-order valence-electron chi connectivity index (χ3n) is 2.76. The van der Waals surface area contributed by atoms with Crippen LogP contribution in [0, 0.1) is 0 Å². The zero-order valence-corrected chi connectivity index (χ0v) is 10.5. The van der Waals surface area contributed by atoms with Crippen LogP contribution in [0.3, 0.4) is 0 Å². The molecule has 1 atom stereocenters. The largest absolute Gasteiger partial charge is 0.465 e. The number of nitrogens with two attached hydrogens (primary N) is 1. The Kier molecular flexibility index (Phi) is 3.78. The van der Waals surface area contributed by atoms with E-state index in [0.29, 0.717) is 17.3 Å². The second-order valence-corrected chi connectivity index (χ2v) is 5.15. The van der Waals surface area contributed by atoms with Crippen molar-refractivity contribution in [3.63, 3.8) is 0 Å². The van der Waals surface area contributed by atoms with Crippen molar-refractivity contribution in [1.82, 2.24) is 0 Å². The lowest BCUT2D eigenvalue weighted by Crippen LogP contribution is -2.18. The minimum absolute atomic E-state index is 0.396. The van der Waals surface area contributed by atoms with Crippen LogP contribution in [0.4, 0.5) is 11.4 Å². The van der Waals surface area contributed by atoms with Crippen molar-refractivity contribution < 1.29 is 9.53 Å². The first-order chi connectivity index (χ1) is 8.20. The van der Waals surface area contributed by atoms with Crippen LogP contribution in [0.1, 0.15) is 16.8 Å². The standard InChI is InChI=1S/C12H16N2O2S/c1-16-12(15)10-6-8(2-3-11(10)13)14-9-4-5-17-7-9/h2-3,6,9,14H,4-5,7,13H2,1H3. The van der Waals surface area contributed by atoms with Crippen LogP contribution in [-0.4, -0.2) is 30.6 Å². The van der Waals surface area contributed by atoms with Crippen LogP contribution in [0.15, 0.2) is 18.2 Å². The van der Waals surface area contributed by atoms with E-state index in [1.807, 2.05) is 17.8 Å². The van der Waals surface area contributed by atoms with Gasteiger partial charge in [-0.25, -0.2) is 4.79 Å². The van der Waals surface area contributed by atoms with Crippen LogP contribution in [0.5, 0.6) is 0 Å². The first-order valence-electron chi connectivity index (χ1n) is 5.53. The number of rotatable bonds is 3. The predicted molar refractivity (Wildman–Crippen MR) is 71.5 cm³/mol. The first kappa shape index (κ1) is 12.1. The fourth-order valence-corrected chi connectivity index (χ4v) is 2.97. The molecule has 1 aliphatic heterocycles. The van der Waals surface area contributed by atoms with Gasteiger partial charge in [-0.3, -0.25) is 0 Å². The zero-order chi connectivity index (χ0) is 12.3. The van der Waals surface area contributed by atoms with E-state index in [9.17, 15) is 4.79 Å². The van der Waals surface area contributed by atoms with E-state index in [0.717, 1.165) is 17.9 Å². The summed E-state index contributed by atoms with van der Waals surface area (Å²) >= 11 is 1.94. The number of thioether (sulfide) groups is 1. The monoisotopic (exact) mass is 252 g/mol. The molecule has 5 heteroatoms. The van der Waals surface area contributed by atoms with Crippen LogP contribution in [0.2, 0.25) is 0 Å². The summed E-state index contributed by atoms with van der Waals surface area (Å²) in [5, 5.41) is 3.40. The quantitative estimate of drug-likeness (QED) is 0.636. The number of carbonyl (C=O) groups excluding carboxylic acids is 1. The average Bonchev–Trinajstić information content (AvgIpc) is 2.83. The van der Waals surface area contributed by atoms with Crippen molar-refractivity contribution >= 4 is 29.1 Å². The Balaban J connectivity index is 2.15. The number of methoxy groups -OCH3 is 1. The van der Waals surface area contributed by atoms with E-state index in [1.165, 1.54) is 12.9 Å². The Hall–Kier alpha value is -1.36. The first-order valence-corrected chi connectivity index (χ1v) is 6.68. The Bertz CT molecular complexity index is 417. The average molecular weight is 252 g/mol. The van der Waals surface area contributed by atoms with E-state index < -0.39 is 5.97 Å². The second kappa shape index (κ2) is 5.31. The highest BCUT2D eigenvalue weighted by atomic mass is 32.2. The third-order valence-corrected chi connectivity index (χ3v) is 3.92. The maximum absolute atomic E-state index is 11.5. The normalized spacial score (nSPS) is 19.0. The van der Waals surface area contributed by atoms with E-state index >= 15 is 0 Å². The molecule has 1 aromatic carbocycles. The maximum Gasteiger partial charge on any atom is 0.340 e. The molecule has 1 aromatic rings. The van der Waals surface area contributed by atoms with Gasteiger partial charge in [0.05, 0.1) is 12.7 Å². The Morgan fingerprint density at radius 3 is 3.06 bits per heavy atom. The van der Waals surface area contributed by atoms with Crippen LogP contribution in [-0.2, 0) is 4.74 Å². The number of carbonyl (C=O) groups is 1. The number of hydrogen-bond acceptors (Lipinski definition) is 5. The molecule has 0 amide bonds. The van der Waals surface area contributed by atoms with Gasteiger partial charge in [-0.1, -0.05) is 0 Å². The van der Waals surface area contributed by atoms with Crippen LogP contribution >= 0.6 is 11.8 Å². The molecule has 92 valence electrons. The lowest BCUT2D eigenvalue weighted by molar-refractivity contribution is 0.0602. The number of nitrogens with one attached hydrogen (secondary N) is 1. The molecular formula is C12H16N2O2S. The van der Waals surface area contributed by atoms with Crippen molar-refractivity contribution in [2.45, 2.75) is 12.5 Å². The smallest absolute Gasteiger partial charge is 0.340 e. The SMILES string of the molecule is COC(=O)c1cc(NC2CCSC2)ccc1N. The molecule has 17 heavy (non-hydrogen) atoms. The van der Waals surface area contributed by atoms with Crippen LogP contribution in [0.25, 0.3) is 0 Å². The van der Waals surface area contributed by atoms with Gasteiger partial charge in [0.2, 0.25) is 0 Å². The van der Waals surface area contributed by atoms with Gasteiger partial charge in [0, 0.05) is 23.2 Å². The Morgan fingerprint density at radius 1 is 1.59 bits per heavy atom. The fourth-order valence-electron chi connectivity index (χ4n) is 1.82. The highest BCUT2D eigenvalue weighted by Crippen LogP contribution is 2.24. The highest BCUT2D eigenvalue weighted by Gasteiger charge is 2.16. The predicted octanol–water partition coefficient (Wildman–Crippen LogP) is 1.97. The molecular weight excluding hydrogens is 236 g/mol. The third kappa shape index (κ3) is 2.85. The summed E-state index contributed by atoms with van der Waals surface area (Å²) in [4.78, 5) is 11.5. The number of nitrogen functional groups attached to an aromatic ring is 1. The highest BCUT2D eigenvalue weighted by molar-refractivity contribution is 7.99. The second-order valence-electron chi connectivity index (χ2n) is 4.00. The van der Waals surface area contributed by atoms with Crippen molar-refractivity contribution in [1.29, 1.82) is 0 Å². The number of ether oxygens (including phenoxy) is 1. The lowest BCUT2D eigenvalue weighted by atomic mass is 10.1. The molecule has 0 bridgehead atoms. The summed E-state index contributed by atoms with van der Waals surface area (Å²) in [5.74, 6) is 1.90. The van der Waals surface area contributed by atoms with E-state index in [1.54, 1.807) is 12.1 Å². The van der Waals surface area contributed by atoms with Crippen molar-refractivity contribution in [3.05, 3.63) is 23.8 Å². The molecule has 1 aliphatic rings. The van der Waals surface area contributed by atoms with Gasteiger partial charge in [0.15, 0.2) is 0 Å². The summed E-state index contributed by atoms with van der Waals surface area (Å²) in [6, 6.07) is 5.86. The van der Waals surface area contributed by atoms with Gasteiger partial charge in [-0.2, -0.15) is 11.8 Å². The molecule has 0 radical (unpaired) electrons. The molecule has 0 aromatic heterocycles. The lowest BCUT2D eigenvalue weighted by Gasteiger charge is -2.14. The molecule has 1 saturated heterocycles. The van der Waals surface area contributed by atoms with Gasteiger partial charge < -0.3 is 15.8 Å². The molecule has 2 rings (SSSR count). The molecule has 0 aliphatic carbocycles. The molecule has 0 saturated carbocycles. The zero-order valence-electron chi connectivity index (χ0n) is 9.73. The van der Waals surface area contributed by atoms with Crippen LogP contribution < -0.4 is 11.1 Å². The summed E-state index contributed by atoms with van der Waals surface area (Å²) in [5.41, 5.74) is 7.53. The minimum Gasteiger partial charge on any atom is -0.465 e. The van der Waals surface area contributed by atoms with Crippen molar-refractivity contribution in [2.24, 2.45) is 0 Å². The van der Waals surface area contributed by atoms with Gasteiger partial charge in [-0.15, -0.1) is 0 Å². The topological polar surface area (TPSA) is 64.3 Å². The van der Waals surface area contributed by atoms with Gasteiger partial charge in [0.1, 0.15) is 0 Å². The number of benzene rings is 1. The Labute approximate surface area is 105 Å². The van der Waals surface area contributed by atoms with E-state index in [2.05, 4.69) is 5.32 Å². The Morgan fingerprint density at radius 2 is 2.41 bits per heavy atom. The maximum atomic E-state index is 11.5. The molecule has 1 fully saturated rings.